The molecule has 12 heteroatoms. The number of carbonyl (C=O) groups excluding carboxylic acids is 2. The third-order valence-corrected chi connectivity index (χ3v) is 7.15. The fourth-order valence-corrected chi connectivity index (χ4v) is 5.01. The van der Waals surface area contributed by atoms with E-state index in [0.29, 0.717) is 11.6 Å². The molecule has 1 aromatic heterocycles. The van der Waals surface area contributed by atoms with Crippen molar-refractivity contribution in [2.75, 3.05) is 11.9 Å². The predicted molar refractivity (Wildman–Crippen MR) is 141 cm³/mol. The zero-order valence-electron chi connectivity index (χ0n) is 21.3. The van der Waals surface area contributed by atoms with Gasteiger partial charge in [-0.3, -0.25) is 14.4 Å². The Morgan fingerprint density at radius 1 is 1.02 bits per heavy atom. The molecule has 3 aromatic rings. The van der Waals surface area contributed by atoms with Crippen molar-refractivity contribution in [1.29, 1.82) is 0 Å². The molecule has 2 amide bonds. The van der Waals surface area contributed by atoms with E-state index in [2.05, 4.69) is 15.6 Å². The Labute approximate surface area is 232 Å². The molecular weight excluding hydrogens is 551 g/mol. The number of nitrogens with zero attached hydrogens (tertiary/aromatic N) is 1. The summed E-state index contributed by atoms with van der Waals surface area (Å²) in [6.45, 7) is -0.228. The van der Waals surface area contributed by atoms with E-state index in [4.69, 9.17) is 21.1 Å². The first kappa shape index (κ1) is 29.1. The minimum atomic E-state index is -4.97. The number of anilines is 1. The van der Waals surface area contributed by atoms with E-state index < -0.39 is 41.3 Å². The van der Waals surface area contributed by atoms with Gasteiger partial charge in [0.1, 0.15) is 0 Å². The lowest BCUT2D eigenvalue weighted by atomic mass is 9.77. The van der Waals surface area contributed by atoms with Crippen LogP contribution < -0.4 is 10.6 Å². The normalized spacial score (nSPS) is 17.3. The molecule has 8 nitrogen and oxygen atoms in total. The molecule has 1 saturated carbocycles. The largest absolute Gasteiger partial charge is 0.481 e. The topological polar surface area (TPSA) is 122 Å². The van der Waals surface area contributed by atoms with Gasteiger partial charge in [0.2, 0.25) is 17.6 Å². The van der Waals surface area contributed by atoms with Crippen LogP contribution in [0.25, 0.3) is 11.5 Å². The van der Waals surface area contributed by atoms with E-state index >= 15 is 0 Å². The molecule has 1 aliphatic rings. The monoisotopic (exact) mass is 577 g/mol. The average molecular weight is 578 g/mol. The van der Waals surface area contributed by atoms with Crippen LogP contribution >= 0.6 is 11.6 Å². The van der Waals surface area contributed by atoms with E-state index in [1.54, 1.807) is 24.3 Å². The standard InChI is InChI=1S/C28H27ClF3N3O5/c29-21-4-2-1-3-20(21)27-35-24(25(40-27)28(30,31)32)26(39)33-14-13-22(36)34-19-11-9-18(10-12-19)17-7-5-16(6-8-17)15-23(37)38/h1-4,9-12,16-17H,5-8,13-15H2,(H,33,39)(H,34,36)(H,37,38). The number of benzene rings is 2. The minimum absolute atomic E-state index is 0.102. The molecule has 1 fully saturated rings. The highest BCUT2D eigenvalue weighted by Gasteiger charge is 2.42. The van der Waals surface area contributed by atoms with E-state index in [9.17, 15) is 27.6 Å². The van der Waals surface area contributed by atoms with E-state index in [-0.39, 0.29) is 35.9 Å². The summed E-state index contributed by atoms with van der Waals surface area (Å²) < 4.78 is 45.4. The maximum atomic E-state index is 13.5. The fraction of sp³-hybridized carbons (Fsp3) is 0.357. The zero-order chi connectivity index (χ0) is 28.9. The van der Waals surface area contributed by atoms with Crippen LogP contribution in [-0.2, 0) is 15.8 Å². The number of carboxylic acids is 1. The van der Waals surface area contributed by atoms with Crippen molar-refractivity contribution in [3.63, 3.8) is 0 Å². The Hall–Kier alpha value is -3.86. The number of aromatic nitrogens is 1. The van der Waals surface area contributed by atoms with Crippen molar-refractivity contribution in [2.24, 2.45) is 5.92 Å². The van der Waals surface area contributed by atoms with Gasteiger partial charge < -0.3 is 20.2 Å². The van der Waals surface area contributed by atoms with Crippen LogP contribution in [0.15, 0.2) is 52.9 Å². The maximum Gasteiger partial charge on any atom is 0.452 e. The van der Waals surface area contributed by atoms with Crippen LogP contribution in [0.1, 0.15) is 66.3 Å². The van der Waals surface area contributed by atoms with Crippen molar-refractivity contribution < 1.29 is 37.1 Å². The Morgan fingerprint density at radius 3 is 2.33 bits per heavy atom. The fourth-order valence-electron chi connectivity index (χ4n) is 4.80. The van der Waals surface area contributed by atoms with Gasteiger partial charge >= 0.3 is 12.1 Å². The van der Waals surface area contributed by atoms with Gasteiger partial charge in [-0.1, -0.05) is 35.9 Å². The Bertz CT molecular complexity index is 1370. The van der Waals surface area contributed by atoms with Crippen molar-refractivity contribution in [3.8, 4) is 11.5 Å². The average Bonchev–Trinajstić information content (AvgIpc) is 3.36. The second-order valence-electron chi connectivity index (χ2n) is 9.67. The van der Waals surface area contributed by atoms with Crippen LogP contribution in [0.2, 0.25) is 5.02 Å². The maximum absolute atomic E-state index is 13.5. The first-order chi connectivity index (χ1) is 19.0. The molecule has 40 heavy (non-hydrogen) atoms. The molecule has 0 aliphatic heterocycles. The number of carboxylic acid groups (broad SMARTS) is 1. The number of hydrogen-bond donors (Lipinski definition) is 3. The van der Waals surface area contributed by atoms with Gasteiger partial charge in [-0.05, 0) is 67.3 Å². The highest BCUT2D eigenvalue weighted by molar-refractivity contribution is 6.33. The summed E-state index contributed by atoms with van der Waals surface area (Å²) in [4.78, 5) is 39.5. The number of nitrogens with one attached hydrogen (secondary N) is 2. The summed E-state index contributed by atoms with van der Waals surface area (Å²) >= 11 is 6.02. The van der Waals surface area contributed by atoms with E-state index in [1.807, 2.05) is 12.1 Å². The molecule has 0 saturated heterocycles. The van der Waals surface area contributed by atoms with E-state index in [1.165, 1.54) is 12.1 Å². The van der Waals surface area contributed by atoms with Crippen molar-refractivity contribution in [2.45, 2.75) is 50.6 Å². The molecular formula is C28H27ClF3N3O5. The summed E-state index contributed by atoms with van der Waals surface area (Å²) in [5.74, 6) is -3.80. The molecule has 0 unspecified atom stereocenters. The summed E-state index contributed by atoms with van der Waals surface area (Å²) in [6.07, 6.45) is -1.42. The summed E-state index contributed by atoms with van der Waals surface area (Å²) in [5, 5.41) is 14.1. The van der Waals surface area contributed by atoms with Gasteiger partial charge in [0.15, 0.2) is 5.69 Å². The summed E-state index contributed by atoms with van der Waals surface area (Å²) in [5.41, 5.74) is 0.809. The second-order valence-corrected chi connectivity index (χ2v) is 10.1. The number of rotatable bonds is 9. The molecule has 0 radical (unpaired) electrons. The smallest absolute Gasteiger partial charge is 0.452 e. The molecule has 0 spiro atoms. The van der Waals surface area contributed by atoms with Crippen LogP contribution in [-0.4, -0.2) is 34.4 Å². The third kappa shape index (κ3) is 7.41. The van der Waals surface area contributed by atoms with Crippen LogP contribution in [0, 0.1) is 5.92 Å². The molecule has 1 aliphatic carbocycles. The molecule has 2 aromatic carbocycles. The van der Waals surface area contributed by atoms with Crippen molar-refractivity contribution in [1.82, 2.24) is 10.3 Å². The van der Waals surface area contributed by atoms with Crippen molar-refractivity contribution >= 4 is 35.1 Å². The van der Waals surface area contributed by atoms with Crippen LogP contribution in [0.4, 0.5) is 18.9 Å². The van der Waals surface area contributed by atoms with Gasteiger partial charge in [0.05, 0.1) is 10.6 Å². The number of aliphatic carboxylic acids is 1. The molecule has 0 bridgehead atoms. The molecule has 1 heterocycles. The number of oxazole rings is 1. The number of hydrogen-bond acceptors (Lipinski definition) is 5. The van der Waals surface area contributed by atoms with Gasteiger partial charge in [0.25, 0.3) is 5.91 Å². The van der Waals surface area contributed by atoms with Crippen LogP contribution in [0.5, 0.6) is 0 Å². The van der Waals surface area contributed by atoms with Gasteiger partial charge in [-0.15, -0.1) is 0 Å². The number of amides is 2. The summed E-state index contributed by atoms with van der Waals surface area (Å²) in [6, 6.07) is 13.4. The van der Waals surface area contributed by atoms with E-state index in [0.717, 1.165) is 31.2 Å². The predicted octanol–water partition coefficient (Wildman–Crippen LogP) is 6.52. The molecule has 0 atom stereocenters. The third-order valence-electron chi connectivity index (χ3n) is 6.82. The lowest BCUT2D eigenvalue weighted by Crippen LogP contribution is -2.29. The minimum Gasteiger partial charge on any atom is -0.481 e. The molecule has 4 rings (SSSR count). The first-order valence-corrected chi connectivity index (χ1v) is 13.1. The zero-order valence-corrected chi connectivity index (χ0v) is 22.0. The quantitative estimate of drug-likeness (QED) is 0.266. The Kier molecular flexibility index (Phi) is 9.14. The SMILES string of the molecule is O=C(O)CC1CCC(c2ccc(NC(=O)CCNC(=O)c3nc(-c4ccccc4Cl)oc3C(F)(F)F)cc2)CC1. The molecule has 3 N–H and O–H groups in total. The first-order valence-electron chi connectivity index (χ1n) is 12.7. The summed E-state index contributed by atoms with van der Waals surface area (Å²) in [7, 11) is 0. The Morgan fingerprint density at radius 2 is 1.70 bits per heavy atom. The van der Waals surface area contributed by atoms with Gasteiger partial charge in [-0.2, -0.15) is 13.2 Å². The lowest BCUT2D eigenvalue weighted by Gasteiger charge is -2.28. The van der Waals surface area contributed by atoms with Crippen LogP contribution in [0.3, 0.4) is 0 Å². The lowest BCUT2D eigenvalue weighted by molar-refractivity contribution is -0.153. The number of alkyl halides is 3. The Balaban J connectivity index is 1.29. The highest BCUT2D eigenvalue weighted by atomic mass is 35.5. The second kappa shape index (κ2) is 12.5. The van der Waals surface area contributed by atoms with Crippen molar-refractivity contribution in [3.05, 3.63) is 70.6 Å². The highest BCUT2D eigenvalue weighted by Crippen LogP contribution is 2.38. The number of halogens is 4. The van der Waals surface area contributed by atoms with Gasteiger partial charge in [0, 0.05) is 25.1 Å². The number of carbonyl (C=O) groups is 3. The molecule has 212 valence electrons. The van der Waals surface area contributed by atoms with Gasteiger partial charge in [-0.25, -0.2) is 4.98 Å².